The number of halogens is 7. The Morgan fingerprint density at radius 2 is 1.33 bits per heavy atom. The van der Waals surface area contributed by atoms with Gasteiger partial charge in [0.05, 0.1) is 31.7 Å². The maximum atomic E-state index is 12.1. The second-order valence-corrected chi connectivity index (χ2v) is 13.1. The highest BCUT2D eigenvalue weighted by atomic mass is 79.9. The standard InChI is InChI=1S/C21H21BrCl6N4O4/c1-3-35-17(33)10-32(11-18(34)36-4-2)14-6-5-12(7-13(14)22)19-30-15(8-20(23,24)25)29-16(31-19)9-21(26,27)28/h5-7H,3-4,8-11H2,1-2H3. The van der Waals surface area contributed by atoms with E-state index in [0.717, 1.165) is 0 Å². The summed E-state index contributed by atoms with van der Waals surface area (Å²) in [6.45, 7) is 3.47. The Labute approximate surface area is 247 Å². The smallest absolute Gasteiger partial charge is 0.325 e. The number of benzene rings is 1. The average molecular weight is 686 g/mol. The van der Waals surface area contributed by atoms with Gasteiger partial charge in [0.2, 0.25) is 0 Å². The van der Waals surface area contributed by atoms with Gasteiger partial charge in [-0.1, -0.05) is 69.6 Å². The summed E-state index contributed by atoms with van der Waals surface area (Å²) >= 11 is 39.0. The Balaban J connectivity index is 2.47. The van der Waals surface area contributed by atoms with Gasteiger partial charge >= 0.3 is 11.9 Å². The summed E-state index contributed by atoms with van der Waals surface area (Å²) in [5.41, 5.74) is 1.09. The van der Waals surface area contributed by atoms with Crippen LogP contribution in [0.4, 0.5) is 5.69 Å². The van der Waals surface area contributed by atoms with Crippen LogP contribution < -0.4 is 4.90 Å². The van der Waals surface area contributed by atoms with Gasteiger partial charge < -0.3 is 14.4 Å². The summed E-state index contributed by atoms with van der Waals surface area (Å²) in [7, 11) is 0. The van der Waals surface area contributed by atoms with Gasteiger partial charge in [-0.05, 0) is 48.0 Å². The molecule has 198 valence electrons. The van der Waals surface area contributed by atoms with Crippen LogP contribution >= 0.6 is 85.5 Å². The molecule has 0 saturated heterocycles. The number of rotatable bonds is 10. The topological polar surface area (TPSA) is 94.5 Å². The Morgan fingerprint density at radius 3 is 1.72 bits per heavy atom. The molecule has 0 N–H and O–H groups in total. The van der Waals surface area contributed by atoms with Crippen molar-refractivity contribution in [3.8, 4) is 11.4 Å². The van der Waals surface area contributed by atoms with E-state index in [9.17, 15) is 9.59 Å². The molecule has 8 nitrogen and oxygen atoms in total. The minimum Gasteiger partial charge on any atom is -0.465 e. The van der Waals surface area contributed by atoms with Gasteiger partial charge in [0.1, 0.15) is 24.7 Å². The molecular weight excluding hydrogens is 665 g/mol. The summed E-state index contributed by atoms with van der Waals surface area (Å²) in [4.78, 5) is 38.9. The zero-order chi connectivity index (χ0) is 27.1. The monoisotopic (exact) mass is 682 g/mol. The first kappa shape index (κ1) is 31.4. The molecule has 0 atom stereocenters. The molecular formula is C21H21BrCl6N4O4. The molecule has 0 aliphatic rings. The molecule has 0 aliphatic heterocycles. The van der Waals surface area contributed by atoms with Crippen molar-refractivity contribution in [1.29, 1.82) is 0 Å². The lowest BCUT2D eigenvalue weighted by Gasteiger charge is -2.24. The molecule has 0 unspecified atom stereocenters. The van der Waals surface area contributed by atoms with Gasteiger partial charge in [0.25, 0.3) is 0 Å². The van der Waals surface area contributed by atoms with E-state index < -0.39 is 19.5 Å². The van der Waals surface area contributed by atoms with E-state index in [1.165, 1.54) is 4.90 Å². The van der Waals surface area contributed by atoms with Crippen molar-refractivity contribution >= 4 is 103 Å². The number of esters is 2. The van der Waals surface area contributed by atoms with Crippen LogP contribution in [0.2, 0.25) is 0 Å². The molecule has 0 radical (unpaired) electrons. The largest absolute Gasteiger partial charge is 0.465 e. The lowest BCUT2D eigenvalue weighted by atomic mass is 10.1. The van der Waals surface area contributed by atoms with Gasteiger partial charge in [-0.3, -0.25) is 9.59 Å². The van der Waals surface area contributed by atoms with E-state index in [1.54, 1.807) is 32.0 Å². The van der Waals surface area contributed by atoms with E-state index in [4.69, 9.17) is 79.1 Å². The minimum absolute atomic E-state index is 0.105. The highest BCUT2D eigenvalue weighted by Gasteiger charge is 2.27. The van der Waals surface area contributed by atoms with E-state index in [2.05, 4.69) is 30.9 Å². The second kappa shape index (κ2) is 13.8. The molecule has 0 bridgehead atoms. The maximum Gasteiger partial charge on any atom is 0.325 e. The summed E-state index contributed by atoms with van der Waals surface area (Å²) in [6, 6.07) is 5.08. The number of ether oxygens (including phenoxy) is 2. The Kier molecular flexibility index (Phi) is 12.1. The molecule has 0 spiro atoms. The normalized spacial score (nSPS) is 11.8. The highest BCUT2D eigenvalue weighted by Crippen LogP contribution is 2.34. The van der Waals surface area contributed by atoms with Crippen LogP contribution in [0.1, 0.15) is 25.5 Å². The molecule has 36 heavy (non-hydrogen) atoms. The van der Waals surface area contributed by atoms with Crippen LogP contribution in [0.15, 0.2) is 22.7 Å². The first-order valence-electron chi connectivity index (χ1n) is 10.4. The van der Waals surface area contributed by atoms with Gasteiger partial charge in [-0.2, -0.15) is 0 Å². The van der Waals surface area contributed by atoms with Gasteiger partial charge in [-0.15, -0.1) is 0 Å². The lowest BCUT2D eigenvalue weighted by molar-refractivity contribution is -0.142. The van der Waals surface area contributed by atoms with Crippen LogP contribution in [0, 0.1) is 0 Å². The summed E-state index contributed by atoms with van der Waals surface area (Å²) in [5, 5.41) is 0. The molecule has 2 aromatic rings. The molecule has 1 aromatic heterocycles. The first-order valence-corrected chi connectivity index (χ1v) is 13.5. The molecule has 15 heteroatoms. The maximum absolute atomic E-state index is 12.1. The molecule has 1 aromatic carbocycles. The van der Waals surface area contributed by atoms with Crippen molar-refractivity contribution in [1.82, 2.24) is 15.0 Å². The number of carbonyl (C=O) groups excluding carboxylic acids is 2. The molecule has 2 rings (SSSR count). The number of aromatic nitrogens is 3. The zero-order valence-corrected chi connectivity index (χ0v) is 25.2. The fraction of sp³-hybridized carbons (Fsp3) is 0.476. The SMILES string of the molecule is CCOC(=O)CN(CC(=O)OCC)c1ccc(-c2nc(CC(Cl)(Cl)Cl)nc(CC(Cl)(Cl)Cl)n2)cc1Br. The fourth-order valence-corrected chi connectivity index (χ4v) is 4.31. The quantitative estimate of drug-likeness (QED) is 0.220. The van der Waals surface area contributed by atoms with E-state index in [-0.39, 0.29) is 56.6 Å². The molecule has 0 aliphatic carbocycles. The van der Waals surface area contributed by atoms with Gasteiger partial charge in [0, 0.05) is 10.0 Å². The van der Waals surface area contributed by atoms with Crippen LogP contribution in [-0.2, 0) is 31.9 Å². The third-order valence-electron chi connectivity index (χ3n) is 4.24. The van der Waals surface area contributed by atoms with Crippen molar-refractivity contribution in [3.05, 3.63) is 34.3 Å². The Morgan fingerprint density at radius 1 is 0.861 bits per heavy atom. The predicted octanol–water partition coefficient (Wildman–Crippen LogP) is 6.06. The van der Waals surface area contributed by atoms with Crippen molar-refractivity contribution in [3.63, 3.8) is 0 Å². The summed E-state index contributed by atoms with van der Waals surface area (Å²) in [6.07, 6.45) is -0.210. The number of alkyl halides is 6. The predicted molar refractivity (Wildman–Crippen MR) is 146 cm³/mol. The molecule has 0 saturated carbocycles. The molecule has 0 fully saturated rings. The van der Waals surface area contributed by atoms with E-state index in [1.807, 2.05) is 0 Å². The number of anilines is 1. The van der Waals surface area contributed by atoms with E-state index in [0.29, 0.717) is 15.7 Å². The average Bonchev–Trinajstić information content (AvgIpc) is 2.71. The fourth-order valence-electron chi connectivity index (χ4n) is 2.97. The molecule has 0 amide bonds. The third kappa shape index (κ3) is 10.9. The zero-order valence-electron chi connectivity index (χ0n) is 19.0. The van der Waals surface area contributed by atoms with Crippen LogP contribution in [0.3, 0.4) is 0 Å². The van der Waals surface area contributed by atoms with Crippen molar-refractivity contribution in [2.24, 2.45) is 0 Å². The van der Waals surface area contributed by atoms with Crippen molar-refractivity contribution < 1.29 is 19.1 Å². The Hall–Kier alpha value is -0.810. The minimum atomic E-state index is -1.65. The van der Waals surface area contributed by atoms with Crippen molar-refractivity contribution in [2.45, 2.75) is 34.3 Å². The van der Waals surface area contributed by atoms with Crippen LogP contribution in [0.25, 0.3) is 11.4 Å². The summed E-state index contributed by atoms with van der Waals surface area (Å²) < 4.78 is 7.31. The first-order chi connectivity index (χ1) is 16.7. The third-order valence-corrected chi connectivity index (χ3v) is 5.68. The number of hydrogen-bond donors (Lipinski definition) is 0. The van der Waals surface area contributed by atoms with Crippen LogP contribution in [0.5, 0.6) is 0 Å². The van der Waals surface area contributed by atoms with Crippen molar-refractivity contribution in [2.75, 3.05) is 31.2 Å². The summed E-state index contributed by atoms with van der Waals surface area (Å²) in [5.74, 6) is -0.370. The lowest BCUT2D eigenvalue weighted by Crippen LogP contribution is -2.36. The highest BCUT2D eigenvalue weighted by molar-refractivity contribution is 9.10. The number of carbonyl (C=O) groups is 2. The number of hydrogen-bond acceptors (Lipinski definition) is 8. The second-order valence-electron chi connectivity index (χ2n) is 7.21. The molecule has 1 heterocycles. The van der Waals surface area contributed by atoms with E-state index >= 15 is 0 Å². The van der Waals surface area contributed by atoms with Gasteiger partial charge in [0.15, 0.2) is 13.4 Å². The van der Waals surface area contributed by atoms with Gasteiger partial charge in [-0.25, -0.2) is 15.0 Å². The number of nitrogens with zero attached hydrogens (tertiary/aromatic N) is 4. The Bertz CT molecular complexity index is 1030. The van der Waals surface area contributed by atoms with Crippen LogP contribution in [-0.4, -0.2) is 60.8 Å².